The van der Waals surface area contributed by atoms with E-state index in [0.717, 1.165) is 12.2 Å². The highest BCUT2D eigenvalue weighted by Crippen LogP contribution is 2.32. The van der Waals surface area contributed by atoms with Gasteiger partial charge in [0.15, 0.2) is 0 Å². The first-order chi connectivity index (χ1) is 8.81. The molecule has 2 aliphatic rings. The van der Waals surface area contributed by atoms with Crippen LogP contribution in [0, 0.1) is 5.41 Å². The van der Waals surface area contributed by atoms with E-state index in [-0.39, 0.29) is 12.0 Å². The van der Waals surface area contributed by atoms with Gasteiger partial charge in [-0.25, -0.2) is 0 Å². The summed E-state index contributed by atoms with van der Waals surface area (Å²) < 4.78 is 5.20. The highest BCUT2D eigenvalue weighted by atomic mass is 32.2. The van der Waals surface area contributed by atoms with Crippen LogP contribution in [0.15, 0.2) is 23.1 Å². The van der Waals surface area contributed by atoms with Crippen LogP contribution in [0.1, 0.15) is 12.0 Å². The average molecular weight is 265 g/mol. The predicted octanol–water partition coefficient (Wildman–Crippen LogP) is 2.15. The molecule has 98 valence electrons. The number of rotatable bonds is 4. The standard InChI is InChI=1S/C14H19NO2S/c16-8-14(9-17-10-14)7-15-12-3-4-13-11(6-12)2-1-5-18-13/h3-4,6,15-16H,1-2,5,7-10H2. The lowest BCUT2D eigenvalue weighted by atomic mass is 9.87. The summed E-state index contributed by atoms with van der Waals surface area (Å²) in [5.74, 6) is 1.24. The Hall–Kier alpha value is -0.710. The maximum absolute atomic E-state index is 9.38. The van der Waals surface area contributed by atoms with Crippen LogP contribution < -0.4 is 5.32 Å². The zero-order chi connectivity index (χ0) is 12.4. The van der Waals surface area contributed by atoms with Crippen molar-refractivity contribution >= 4 is 17.4 Å². The van der Waals surface area contributed by atoms with Gasteiger partial charge < -0.3 is 15.2 Å². The number of hydrogen-bond donors (Lipinski definition) is 2. The Labute approximate surface area is 112 Å². The number of thioether (sulfide) groups is 1. The van der Waals surface area contributed by atoms with E-state index in [1.807, 2.05) is 11.8 Å². The zero-order valence-corrected chi connectivity index (χ0v) is 11.3. The van der Waals surface area contributed by atoms with Gasteiger partial charge in [-0.2, -0.15) is 0 Å². The van der Waals surface area contributed by atoms with E-state index in [2.05, 4.69) is 23.5 Å². The summed E-state index contributed by atoms with van der Waals surface area (Å²) in [5, 5.41) is 12.8. The molecule has 2 heterocycles. The fraction of sp³-hybridized carbons (Fsp3) is 0.571. The number of aliphatic hydroxyl groups excluding tert-OH is 1. The maximum Gasteiger partial charge on any atom is 0.0584 e. The van der Waals surface area contributed by atoms with Crippen LogP contribution >= 0.6 is 11.8 Å². The van der Waals surface area contributed by atoms with Crippen LogP contribution in [0.25, 0.3) is 0 Å². The number of anilines is 1. The molecule has 0 saturated carbocycles. The summed E-state index contributed by atoms with van der Waals surface area (Å²) in [6, 6.07) is 6.61. The molecule has 1 saturated heterocycles. The van der Waals surface area contributed by atoms with Crippen molar-refractivity contribution in [2.45, 2.75) is 17.7 Å². The molecule has 18 heavy (non-hydrogen) atoms. The van der Waals surface area contributed by atoms with E-state index in [0.29, 0.717) is 13.2 Å². The highest BCUT2D eigenvalue weighted by Gasteiger charge is 2.37. The predicted molar refractivity (Wildman–Crippen MR) is 74.3 cm³/mol. The number of fused-ring (bicyclic) bond motifs is 1. The second kappa shape index (κ2) is 5.11. The topological polar surface area (TPSA) is 41.5 Å². The molecular formula is C14H19NO2S. The molecule has 0 amide bonds. The van der Waals surface area contributed by atoms with Crippen molar-refractivity contribution in [1.82, 2.24) is 0 Å². The molecule has 0 aromatic heterocycles. The molecule has 1 aromatic rings. The molecule has 2 N–H and O–H groups in total. The molecule has 1 aromatic carbocycles. The summed E-state index contributed by atoms with van der Waals surface area (Å²) in [4.78, 5) is 1.43. The van der Waals surface area contributed by atoms with Gasteiger partial charge in [0.1, 0.15) is 0 Å². The Kier molecular flexibility index (Phi) is 3.50. The second-order valence-corrected chi connectivity index (χ2v) is 6.42. The Bertz CT molecular complexity index is 426. The van der Waals surface area contributed by atoms with Crippen molar-refractivity contribution in [2.24, 2.45) is 5.41 Å². The monoisotopic (exact) mass is 265 g/mol. The number of aryl methyl sites for hydroxylation is 1. The van der Waals surface area contributed by atoms with E-state index in [4.69, 9.17) is 4.74 Å². The Morgan fingerprint density at radius 1 is 1.39 bits per heavy atom. The molecule has 0 spiro atoms. The SMILES string of the molecule is OCC1(CNc2ccc3c(c2)CCCS3)COC1. The molecule has 1 fully saturated rings. The molecule has 0 bridgehead atoms. The second-order valence-electron chi connectivity index (χ2n) is 5.28. The van der Waals surface area contributed by atoms with Crippen molar-refractivity contribution in [3.05, 3.63) is 23.8 Å². The van der Waals surface area contributed by atoms with Crippen LogP contribution in [-0.2, 0) is 11.2 Å². The third-order valence-corrected chi connectivity index (χ3v) is 4.93. The summed E-state index contributed by atoms with van der Waals surface area (Å²) in [5.41, 5.74) is 2.56. The Morgan fingerprint density at radius 2 is 2.28 bits per heavy atom. The number of hydrogen-bond acceptors (Lipinski definition) is 4. The van der Waals surface area contributed by atoms with Gasteiger partial charge in [0.25, 0.3) is 0 Å². The van der Waals surface area contributed by atoms with E-state index >= 15 is 0 Å². The molecule has 0 unspecified atom stereocenters. The molecule has 3 nitrogen and oxygen atoms in total. The van der Waals surface area contributed by atoms with Crippen LogP contribution in [-0.4, -0.2) is 37.2 Å². The average Bonchev–Trinajstić information content (AvgIpc) is 2.38. The minimum absolute atomic E-state index is 0.0648. The van der Waals surface area contributed by atoms with Crippen LogP contribution in [0.2, 0.25) is 0 Å². The largest absolute Gasteiger partial charge is 0.396 e. The third-order valence-electron chi connectivity index (χ3n) is 3.73. The van der Waals surface area contributed by atoms with Crippen molar-refractivity contribution in [1.29, 1.82) is 0 Å². The first-order valence-electron chi connectivity index (χ1n) is 6.50. The van der Waals surface area contributed by atoms with Crippen LogP contribution in [0.5, 0.6) is 0 Å². The van der Waals surface area contributed by atoms with E-state index < -0.39 is 0 Å². The first kappa shape index (κ1) is 12.3. The molecule has 4 heteroatoms. The summed E-state index contributed by atoms with van der Waals surface area (Å²) in [6.45, 7) is 2.31. The Balaban J connectivity index is 1.66. The van der Waals surface area contributed by atoms with Crippen LogP contribution in [0.3, 0.4) is 0 Å². The molecule has 3 rings (SSSR count). The molecular weight excluding hydrogens is 246 g/mol. The number of ether oxygens (including phenoxy) is 1. The summed E-state index contributed by atoms with van der Waals surface area (Å²) >= 11 is 1.95. The van der Waals surface area contributed by atoms with Gasteiger partial charge >= 0.3 is 0 Å². The lowest BCUT2D eigenvalue weighted by molar-refractivity contribution is -0.128. The Morgan fingerprint density at radius 3 is 3.00 bits per heavy atom. The minimum atomic E-state index is -0.0648. The molecule has 0 radical (unpaired) electrons. The number of nitrogens with one attached hydrogen (secondary N) is 1. The minimum Gasteiger partial charge on any atom is -0.396 e. The zero-order valence-electron chi connectivity index (χ0n) is 10.4. The van der Waals surface area contributed by atoms with Gasteiger partial charge in [-0.3, -0.25) is 0 Å². The first-order valence-corrected chi connectivity index (χ1v) is 7.48. The van der Waals surface area contributed by atoms with E-state index in [1.54, 1.807) is 0 Å². The van der Waals surface area contributed by atoms with E-state index in [1.165, 1.54) is 29.1 Å². The van der Waals surface area contributed by atoms with Crippen molar-refractivity contribution in [3.8, 4) is 0 Å². The number of benzene rings is 1. The lowest BCUT2D eigenvalue weighted by Crippen LogP contribution is -2.50. The quantitative estimate of drug-likeness (QED) is 0.875. The van der Waals surface area contributed by atoms with Crippen molar-refractivity contribution < 1.29 is 9.84 Å². The summed E-state index contributed by atoms with van der Waals surface area (Å²) in [6.07, 6.45) is 2.46. The van der Waals surface area contributed by atoms with Gasteiger partial charge in [0.2, 0.25) is 0 Å². The summed E-state index contributed by atoms with van der Waals surface area (Å²) in [7, 11) is 0. The third kappa shape index (κ3) is 2.37. The van der Waals surface area contributed by atoms with Gasteiger partial charge in [-0.05, 0) is 42.4 Å². The molecule has 0 atom stereocenters. The van der Waals surface area contributed by atoms with Crippen LogP contribution in [0.4, 0.5) is 5.69 Å². The normalized spacial score (nSPS) is 20.9. The van der Waals surface area contributed by atoms with Crippen molar-refractivity contribution in [2.75, 3.05) is 37.4 Å². The highest BCUT2D eigenvalue weighted by molar-refractivity contribution is 7.99. The van der Waals surface area contributed by atoms with Crippen molar-refractivity contribution in [3.63, 3.8) is 0 Å². The number of aliphatic hydroxyl groups is 1. The smallest absolute Gasteiger partial charge is 0.0584 e. The van der Waals surface area contributed by atoms with Gasteiger partial charge in [-0.15, -0.1) is 11.8 Å². The molecule has 0 aliphatic carbocycles. The van der Waals surface area contributed by atoms with Gasteiger partial charge in [0, 0.05) is 17.1 Å². The van der Waals surface area contributed by atoms with Gasteiger partial charge in [-0.1, -0.05) is 0 Å². The van der Waals surface area contributed by atoms with Gasteiger partial charge in [0.05, 0.1) is 25.2 Å². The lowest BCUT2D eigenvalue weighted by Gasteiger charge is -2.40. The maximum atomic E-state index is 9.38. The fourth-order valence-corrected chi connectivity index (χ4v) is 3.42. The fourth-order valence-electron chi connectivity index (χ4n) is 2.40. The van der Waals surface area contributed by atoms with E-state index in [9.17, 15) is 5.11 Å². The molecule has 2 aliphatic heterocycles.